The van der Waals surface area contributed by atoms with Gasteiger partial charge in [0, 0.05) is 25.0 Å². The van der Waals surface area contributed by atoms with Crippen molar-refractivity contribution in [1.82, 2.24) is 24.5 Å². The van der Waals surface area contributed by atoms with Crippen LogP contribution in [0.1, 0.15) is 17.0 Å². The number of thioether (sulfide) groups is 1. The van der Waals surface area contributed by atoms with Crippen LogP contribution < -0.4 is 4.74 Å². The molecule has 1 amide bonds. The zero-order valence-corrected chi connectivity index (χ0v) is 16.1. The van der Waals surface area contributed by atoms with Crippen LogP contribution in [0.25, 0.3) is 5.78 Å². The Kier molecular flexibility index (Phi) is 5.41. The van der Waals surface area contributed by atoms with E-state index < -0.39 is 0 Å². The molecule has 0 spiro atoms. The van der Waals surface area contributed by atoms with Crippen LogP contribution in [0.15, 0.2) is 35.5 Å². The van der Waals surface area contributed by atoms with Crippen molar-refractivity contribution in [1.29, 1.82) is 0 Å². The third-order valence-corrected chi connectivity index (χ3v) is 4.88. The first-order valence-electron chi connectivity index (χ1n) is 8.17. The average Bonchev–Trinajstić information content (AvgIpc) is 3.02. The van der Waals surface area contributed by atoms with Gasteiger partial charge < -0.3 is 9.64 Å². The van der Waals surface area contributed by atoms with Crippen LogP contribution in [-0.2, 0) is 11.3 Å². The van der Waals surface area contributed by atoms with E-state index in [1.165, 1.54) is 11.8 Å². The third kappa shape index (κ3) is 3.96. The van der Waals surface area contributed by atoms with Gasteiger partial charge in [0.05, 0.1) is 12.9 Å². The molecule has 7 nitrogen and oxygen atoms in total. The lowest BCUT2D eigenvalue weighted by Gasteiger charge is -2.17. The maximum absolute atomic E-state index is 12.5. The number of hydrogen-bond acceptors (Lipinski definition) is 6. The molecule has 3 rings (SSSR count). The standard InChI is InChI=1S/C18H21N5O2S/c1-12-8-13(2)23-17(19-12)20-21-18(23)26-11-16(24)22(3)10-14-6-5-7-15(9-14)25-4/h5-9H,10-11H2,1-4H3. The highest BCUT2D eigenvalue weighted by Gasteiger charge is 2.15. The fourth-order valence-electron chi connectivity index (χ4n) is 2.66. The summed E-state index contributed by atoms with van der Waals surface area (Å²) in [7, 11) is 3.42. The number of fused-ring (bicyclic) bond motifs is 1. The lowest BCUT2D eigenvalue weighted by Crippen LogP contribution is -2.27. The number of benzene rings is 1. The van der Waals surface area contributed by atoms with E-state index in [9.17, 15) is 4.79 Å². The largest absolute Gasteiger partial charge is 0.497 e. The molecular formula is C18H21N5O2S. The number of rotatable bonds is 6. The lowest BCUT2D eigenvalue weighted by atomic mass is 10.2. The Hall–Kier alpha value is -2.61. The molecule has 2 heterocycles. The number of aromatic nitrogens is 4. The fourth-order valence-corrected chi connectivity index (χ4v) is 3.59. The SMILES string of the molecule is COc1cccc(CN(C)C(=O)CSc2nnc3nc(C)cc(C)n23)c1. The summed E-state index contributed by atoms with van der Waals surface area (Å²) in [4.78, 5) is 18.5. The van der Waals surface area contributed by atoms with Crippen LogP contribution in [0.5, 0.6) is 5.75 Å². The molecule has 8 heteroatoms. The van der Waals surface area contributed by atoms with Gasteiger partial charge in [-0.25, -0.2) is 4.98 Å². The van der Waals surface area contributed by atoms with Gasteiger partial charge in [0.1, 0.15) is 5.75 Å². The quantitative estimate of drug-likeness (QED) is 0.620. The van der Waals surface area contributed by atoms with Crippen molar-refractivity contribution < 1.29 is 9.53 Å². The van der Waals surface area contributed by atoms with Gasteiger partial charge in [0.25, 0.3) is 5.78 Å². The maximum Gasteiger partial charge on any atom is 0.256 e. The van der Waals surface area contributed by atoms with E-state index in [0.29, 0.717) is 17.5 Å². The van der Waals surface area contributed by atoms with Crippen LogP contribution in [0.4, 0.5) is 0 Å². The molecule has 136 valence electrons. The monoisotopic (exact) mass is 371 g/mol. The van der Waals surface area contributed by atoms with Crippen LogP contribution in [-0.4, -0.2) is 50.3 Å². The van der Waals surface area contributed by atoms with Gasteiger partial charge in [-0.1, -0.05) is 23.9 Å². The number of aryl methyl sites for hydroxylation is 2. The summed E-state index contributed by atoms with van der Waals surface area (Å²) in [5.74, 6) is 1.65. The molecule has 0 radical (unpaired) electrons. The van der Waals surface area contributed by atoms with E-state index in [0.717, 1.165) is 22.7 Å². The molecule has 0 fully saturated rings. The molecule has 3 aromatic rings. The van der Waals surface area contributed by atoms with Gasteiger partial charge >= 0.3 is 0 Å². The number of nitrogens with zero attached hydrogens (tertiary/aromatic N) is 5. The molecule has 0 aliphatic heterocycles. The minimum atomic E-state index is 0.0206. The summed E-state index contributed by atoms with van der Waals surface area (Å²) in [5, 5.41) is 8.93. The van der Waals surface area contributed by atoms with Crippen molar-refractivity contribution in [3.05, 3.63) is 47.3 Å². The first kappa shape index (κ1) is 18.2. The van der Waals surface area contributed by atoms with Gasteiger partial charge in [-0.05, 0) is 37.6 Å². The second kappa shape index (κ2) is 7.74. The molecule has 0 unspecified atom stereocenters. The molecule has 0 N–H and O–H groups in total. The van der Waals surface area contributed by atoms with Crippen LogP contribution >= 0.6 is 11.8 Å². The Balaban J connectivity index is 1.65. The Morgan fingerprint density at radius 2 is 2.08 bits per heavy atom. The van der Waals surface area contributed by atoms with Crippen LogP contribution in [0.2, 0.25) is 0 Å². The van der Waals surface area contributed by atoms with Crippen molar-refractivity contribution in [3.63, 3.8) is 0 Å². The number of amides is 1. The summed E-state index contributed by atoms with van der Waals surface area (Å²) in [6.07, 6.45) is 0. The molecule has 0 atom stereocenters. The van der Waals surface area contributed by atoms with E-state index in [2.05, 4.69) is 15.2 Å². The van der Waals surface area contributed by atoms with Crippen molar-refractivity contribution in [2.24, 2.45) is 0 Å². The highest BCUT2D eigenvalue weighted by Crippen LogP contribution is 2.19. The lowest BCUT2D eigenvalue weighted by molar-refractivity contribution is -0.127. The van der Waals surface area contributed by atoms with Crippen LogP contribution in [0.3, 0.4) is 0 Å². The van der Waals surface area contributed by atoms with Crippen molar-refractivity contribution in [2.45, 2.75) is 25.5 Å². The van der Waals surface area contributed by atoms with E-state index in [4.69, 9.17) is 4.74 Å². The Bertz CT molecular complexity index is 940. The van der Waals surface area contributed by atoms with Gasteiger partial charge in [0.2, 0.25) is 5.91 Å². The number of hydrogen-bond donors (Lipinski definition) is 0. The summed E-state index contributed by atoms with van der Waals surface area (Å²) < 4.78 is 7.09. The predicted octanol–water partition coefficient (Wildman–Crippen LogP) is 2.50. The zero-order chi connectivity index (χ0) is 18.7. The topological polar surface area (TPSA) is 72.6 Å². The fraction of sp³-hybridized carbons (Fsp3) is 0.333. The van der Waals surface area contributed by atoms with Crippen LogP contribution in [0, 0.1) is 13.8 Å². The average molecular weight is 371 g/mol. The Labute approximate surface area is 156 Å². The normalized spacial score (nSPS) is 10.9. The minimum absolute atomic E-state index is 0.0206. The Morgan fingerprint density at radius 3 is 2.85 bits per heavy atom. The van der Waals surface area contributed by atoms with Gasteiger partial charge in [-0.3, -0.25) is 9.20 Å². The molecule has 0 saturated heterocycles. The molecule has 0 saturated carbocycles. The number of methoxy groups -OCH3 is 1. The molecule has 0 aliphatic carbocycles. The molecule has 2 aromatic heterocycles. The third-order valence-electron chi connectivity index (χ3n) is 3.97. The van der Waals surface area contributed by atoms with E-state index in [1.54, 1.807) is 19.1 Å². The molecule has 0 aliphatic rings. The van der Waals surface area contributed by atoms with Gasteiger partial charge in [-0.15, -0.1) is 10.2 Å². The van der Waals surface area contributed by atoms with Crippen molar-refractivity contribution in [2.75, 3.05) is 19.9 Å². The second-order valence-electron chi connectivity index (χ2n) is 6.05. The number of carbonyl (C=O) groups excluding carboxylic acids is 1. The highest BCUT2D eigenvalue weighted by molar-refractivity contribution is 7.99. The maximum atomic E-state index is 12.5. The Morgan fingerprint density at radius 1 is 1.27 bits per heavy atom. The molecule has 1 aromatic carbocycles. The molecule has 0 bridgehead atoms. The summed E-state index contributed by atoms with van der Waals surface area (Å²) >= 11 is 1.36. The van der Waals surface area contributed by atoms with E-state index in [1.807, 2.05) is 48.6 Å². The highest BCUT2D eigenvalue weighted by atomic mass is 32.2. The van der Waals surface area contributed by atoms with Crippen molar-refractivity contribution in [3.8, 4) is 5.75 Å². The summed E-state index contributed by atoms with van der Waals surface area (Å²) in [6.45, 7) is 4.42. The smallest absolute Gasteiger partial charge is 0.256 e. The van der Waals surface area contributed by atoms with Gasteiger partial charge in [0.15, 0.2) is 5.16 Å². The van der Waals surface area contributed by atoms with E-state index in [-0.39, 0.29) is 11.7 Å². The van der Waals surface area contributed by atoms with Crippen molar-refractivity contribution >= 4 is 23.4 Å². The molecular weight excluding hydrogens is 350 g/mol. The summed E-state index contributed by atoms with van der Waals surface area (Å²) in [5.41, 5.74) is 2.92. The first-order valence-corrected chi connectivity index (χ1v) is 9.15. The predicted molar refractivity (Wildman–Crippen MR) is 100 cm³/mol. The minimum Gasteiger partial charge on any atom is -0.497 e. The number of carbonyl (C=O) groups is 1. The summed E-state index contributed by atoms with van der Waals surface area (Å²) in [6, 6.07) is 9.68. The van der Waals surface area contributed by atoms with Gasteiger partial charge in [-0.2, -0.15) is 0 Å². The zero-order valence-electron chi connectivity index (χ0n) is 15.3. The van der Waals surface area contributed by atoms with E-state index >= 15 is 0 Å². The molecule has 26 heavy (non-hydrogen) atoms. The first-order chi connectivity index (χ1) is 12.5. The second-order valence-corrected chi connectivity index (χ2v) is 6.99. The number of ether oxygens (including phenoxy) is 1.